The zero-order chi connectivity index (χ0) is 26.2. The first-order chi connectivity index (χ1) is 16.9. The van der Waals surface area contributed by atoms with Crippen molar-refractivity contribution < 1.29 is 22.0 Å². The van der Waals surface area contributed by atoms with Crippen molar-refractivity contribution in [3.05, 3.63) is 111 Å². The second-order valence-corrected chi connectivity index (χ2v) is 11.4. The largest absolute Gasteiger partial charge is 0.345 e. The van der Waals surface area contributed by atoms with Crippen molar-refractivity contribution >= 4 is 32.3 Å². The molecule has 188 valence electrons. The Morgan fingerprint density at radius 1 is 0.889 bits per heavy atom. The van der Waals surface area contributed by atoms with Crippen LogP contribution < -0.4 is 0 Å². The van der Waals surface area contributed by atoms with E-state index < -0.39 is 21.5 Å². The van der Waals surface area contributed by atoms with Gasteiger partial charge < -0.3 is 4.90 Å². The van der Waals surface area contributed by atoms with Crippen LogP contribution in [0, 0.1) is 11.6 Å². The van der Waals surface area contributed by atoms with Crippen molar-refractivity contribution in [1.29, 1.82) is 0 Å². The molecule has 0 spiro atoms. The molecular weight excluding hydrogens is 506 g/mol. The van der Waals surface area contributed by atoms with E-state index in [1.165, 1.54) is 4.90 Å². The second-order valence-electron chi connectivity index (χ2n) is 9.04. The van der Waals surface area contributed by atoms with E-state index in [1.54, 1.807) is 38.4 Å². The van der Waals surface area contributed by atoms with Crippen molar-refractivity contribution in [3.8, 4) is 0 Å². The SMILES string of the molecule is CN(C)C(=O)c1ccc([C@@H](c2ccc(Cl)cc2)N2CC(=C(c3cc(F)cc(F)c3)S(C)(=O)=O)C2)cc1. The predicted molar refractivity (Wildman–Crippen MR) is 137 cm³/mol. The van der Waals surface area contributed by atoms with Crippen LogP contribution in [-0.2, 0) is 9.84 Å². The number of carbonyl (C=O) groups is 1. The Kier molecular flexibility index (Phi) is 7.31. The maximum atomic E-state index is 13.9. The van der Waals surface area contributed by atoms with Crippen LogP contribution in [0.25, 0.3) is 4.91 Å². The van der Waals surface area contributed by atoms with Crippen LogP contribution in [0.2, 0.25) is 5.02 Å². The molecule has 3 aromatic carbocycles. The molecule has 1 heterocycles. The Morgan fingerprint density at radius 3 is 1.86 bits per heavy atom. The summed E-state index contributed by atoms with van der Waals surface area (Å²) in [6.07, 6.45) is 1.04. The number of hydrogen-bond acceptors (Lipinski definition) is 4. The van der Waals surface area contributed by atoms with Gasteiger partial charge in [0.1, 0.15) is 11.6 Å². The number of rotatable bonds is 6. The number of nitrogens with zero attached hydrogens (tertiary/aromatic N) is 2. The zero-order valence-electron chi connectivity index (χ0n) is 20.0. The van der Waals surface area contributed by atoms with E-state index in [2.05, 4.69) is 4.90 Å². The normalized spacial score (nSPS) is 14.8. The molecule has 1 aliphatic heterocycles. The van der Waals surface area contributed by atoms with E-state index in [4.69, 9.17) is 11.6 Å². The monoisotopic (exact) mass is 530 g/mol. The molecule has 3 aromatic rings. The lowest BCUT2D eigenvalue weighted by Crippen LogP contribution is -2.44. The molecule has 9 heteroatoms. The molecule has 0 radical (unpaired) electrons. The fourth-order valence-electron chi connectivity index (χ4n) is 4.46. The van der Waals surface area contributed by atoms with Gasteiger partial charge in [0, 0.05) is 50.1 Å². The lowest BCUT2D eigenvalue weighted by atomic mass is 9.91. The summed E-state index contributed by atoms with van der Waals surface area (Å²) < 4.78 is 53.0. The lowest BCUT2D eigenvalue weighted by molar-refractivity contribution is 0.0827. The van der Waals surface area contributed by atoms with E-state index in [1.807, 2.05) is 24.3 Å². The summed E-state index contributed by atoms with van der Waals surface area (Å²) >= 11 is 6.09. The van der Waals surface area contributed by atoms with Crippen LogP contribution in [0.15, 0.2) is 72.3 Å². The van der Waals surface area contributed by atoms with Crippen LogP contribution in [-0.4, -0.2) is 57.6 Å². The predicted octanol–water partition coefficient (Wildman–Crippen LogP) is 5.18. The third-order valence-corrected chi connectivity index (χ3v) is 7.55. The summed E-state index contributed by atoms with van der Waals surface area (Å²) in [5, 5.41) is 0.584. The topological polar surface area (TPSA) is 57.7 Å². The van der Waals surface area contributed by atoms with Gasteiger partial charge in [-0.1, -0.05) is 35.9 Å². The van der Waals surface area contributed by atoms with Crippen molar-refractivity contribution in [2.24, 2.45) is 0 Å². The molecule has 1 saturated heterocycles. The van der Waals surface area contributed by atoms with Gasteiger partial charge in [0.2, 0.25) is 0 Å². The number of likely N-dealkylation sites (tertiary alicyclic amines) is 1. The number of hydrogen-bond donors (Lipinski definition) is 0. The summed E-state index contributed by atoms with van der Waals surface area (Å²) in [6, 6.07) is 17.1. The number of carbonyl (C=O) groups excluding carboxylic acids is 1. The van der Waals surface area contributed by atoms with Gasteiger partial charge in [-0.25, -0.2) is 17.2 Å². The molecule has 1 fully saturated rings. The minimum Gasteiger partial charge on any atom is -0.345 e. The summed E-state index contributed by atoms with van der Waals surface area (Å²) in [4.78, 5) is 15.8. The van der Waals surface area contributed by atoms with Crippen molar-refractivity contribution in [1.82, 2.24) is 9.80 Å². The highest BCUT2D eigenvalue weighted by atomic mass is 35.5. The van der Waals surface area contributed by atoms with Crippen LogP contribution in [0.5, 0.6) is 0 Å². The summed E-state index contributed by atoms with van der Waals surface area (Å²) in [5.74, 6) is -1.79. The molecule has 0 bridgehead atoms. The summed E-state index contributed by atoms with van der Waals surface area (Å²) in [5.41, 5.74) is 2.96. The van der Waals surface area contributed by atoms with Gasteiger partial charge in [-0.15, -0.1) is 0 Å². The summed E-state index contributed by atoms with van der Waals surface area (Å²) in [7, 11) is -0.389. The number of sulfone groups is 1. The van der Waals surface area contributed by atoms with Gasteiger partial charge in [0.15, 0.2) is 9.84 Å². The van der Waals surface area contributed by atoms with Crippen molar-refractivity contribution in [3.63, 3.8) is 0 Å². The Hall–Kier alpha value is -3.07. The maximum absolute atomic E-state index is 13.9. The standard InChI is InChI=1S/C27H25ClF2N2O3S/c1-31(2)27(33)19-6-4-17(5-7-19)25(18-8-10-22(28)11-9-18)32-15-21(16-32)26(36(3,34)35)20-12-23(29)14-24(30)13-20/h4-14,25H,15-16H2,1-3H3/t25-/m0/s1. The molecule has 0 saturated carbocycles. The third kappa shape index (κ3) is 5.51. The Morgan fingerprint density at radius 2 is 1.39 bits per heavy atom. The first-order valence-electron chi connectivity index (χ1n) is 11.1. The minimum absolute atomic E-state index is 0.000700. The summed E-state index contributed by atoms with van der Waals surface area (Å²) in [6.45, 7) is 0.568. The molecule has 5 nitrogen and oxygen atoms in total. The van der Waals surface area contributed by atoms with Crippen molar-refractivity contribution in [2.45, 2.75) is 6.04 Å². The molecule has 1 aliphatic rings. The first kappa shape index (κ1) is 26.0. The fourth-order valence-corrected chi connectivity index (χ4v) is 5.79. The van der Waals surface area contributed by atoms with E-state index >= 15 is 0 Å². The lowest BCUT2D eigenvalue weighted by Gasteiger charge is -2.42. The molecule has 0 aliphatic carbocycles. The van der Waals surface area contributed by atoms with Gasteiger partial charge in [-0.3, -0.25) is 9.69 Å². The molecule has 0 unspecified atom stereocenters. The van der Waals surface area contributed by atoms with Gasteiger partial charge >= 0.3 is 0 Å². The molecule has 0 N–H and O–H groups in total. The molecule has 36 heavy (non-hydrogen) atoms. The number of amides is 1. The molecule has 4 rings (SSSR count). The number of halogens is 3. The molecular formula is C27H25ClF2N2O3S. The zero-order valence-corrected chi connectivity index (χ0v) is 21.6. The van der Waals surface area contributed by atoms with E-state index in [9.17, 15) is 22.0 Å². The van der Waals surface area contributed by atoms with Gasteiger partial charge in [-0.05, 0) is 58.7 Å². The van der Waals surface area contributed by atoms with Crippen LogP contribution in [0.1, 0.15) is 33.1 Å². The Balaban J connectivity index is 1.72. The van der Waals surface area contributed by atoms with Gasteiger partial charge in [-0.2, -0.15) is 0 Å². The molecule has 1 amide bonds. The van der Waals surface area contributed by atoms with E-state index in [0.29, 0.717) is 22.2 Å². The molecule has 0 aromatic heterocycles. The highest BCUT2D eigenvalue weighted by Gasteiger charge is 2.35. The highest BCUT2D eigenvalue weighted by molar-refractivity contribution is 8.00. The molecule has 1 atom stereocenters. The Bertz CT molecular complexity index is 1410. The number of benzene rings is 3. The van der Waals surface area contributed by atoms with Crippen LogP contribution >= 0.6 is 11.6 Å². The van der Waals surface area contributed by atoms with Gasteiger partial charge in [0.05, 0.1) is 10.9 Å². The fraction of sp³-hybridized carbons (Fsp3) is 0.222. The van der Waals surface area contributed by atoms with Gasteiger partial charge in [0.25, 0.3) is 5.91 Å². The minimum atomic E-state index is -3.76. The second kappa shape index (κ2) is 10.1. The van der Waals surface area contributed by atoms with Crippen LogP contribution in [0.3, 0.4) is 0 Å². The quantitative estimate of drug-likeness (QED) is 0.440. The van der Waals surface area contributed by atoms with Crippen molar-refractivity contribution in [2.75, 3.05) is 33.4 Å². The third-order valence-electron chi connectivity index (χ3n) is 6.03. The maximum Gasteiger partial charge on any atom is 0.253 e. The highest BCUT2D eigenvalue weighted by Crippen LogP contribution is 2.38. The van der Waals surface area contributed by atoms with E-state index in [-0.39, 0.29) is 35.5 Å². The van der Waals surface area contributed by atoms with E-state index in [0.717, 1.165) is 29.5 Å². The van der Waals surface area contributed by atoms with Crippen LogP contribution in [0.4, 0.5) is 8.78 Å². The average Bonchev–Trinajstić information content (AvgIpc) is 2.77. The first-order valence-corrected chi connectivity index (χ1v) is 13.4. The average molecular weight is 531 g/mol. The Labute approximate surface area is 214 Å². The smallest absolute Gasteiger partial charge is 0.253 e.